The van der Waals surface area contributed by atoms with Gasteiger partial charge in [-0.05, 0) is 31.2 Å². The SMILES string of the molecule is CNC(C)c1ccccc1-c1ccccc1OCCOC. The summed E-state index contributed by atoms with van der Waals surface area (Å²) in [5, 5.41) is 3.30. The summed E-state index contributed by atoms with van der Waals surface area (Å²) >= 11 is 0. The Morgan fingerprint density at radius 3 is 2.33 bits per heavy atom. The molecule has 0 fully saturated rings. The van der Waals surface area contributed by atoms with Crippen LogP contribution in [0, 0.1) is 0 Å². The van der Waals surface area contributed by atoms with Gasteiger partial charge >= 0.3 is 0 Å². The third kappa shape index (κ3) is 3.84. The van der Waals surface area contributed by atoms with Crippen molar-refractivity contribution >= 4 is 0 Å². The number of ether oxygens (including phenoxy) is 2. The van der Waals surface area contributed by atoms with Gasteiger partial charge in [0.05, 0.1) is 6.61 Å². The highest BCUT2D eigenvalue weighted by atomic mass is 16.5. The average molecular weight is 285 g/mol. The Morgan fingerprint density at radius 2 is 1.62 bits per heavy atom. The van der Waals surface area contributed by atoms with Gasteiger partial charge in [0, 0.05) is 18.7 Å². The molecule has 2 aromatic carbocycles. The molecule has 0 aliphatic rings. The van der Waals surface area contributed by atoms with Crippen LogP contribution in [0.4, 0.5) is 0 Å². The van der Waals surface area contributed by atoms with Crippen molar-refractivity contribution in [1.82, 2.24) is 5.32 Å². The number of methoxy groups -OCH3 is 1. The van der Waals surface area contributed by atoms with E-state index in [9.17, 15) is 0 Å². The van der Waals surface area contributed by atoms with Crippen molar-refractivity contribution in [2.45, 2.75) is 13.0 Å². The van der Waals surface area contributed by atoms with E-state index in [2.05, 4.69) is 42.6 Å². The number of rotatable bonds is 7. The zero-order chi connectivity index (χ0) is 15.1. The summed E-state index contributed by atoms with van der Waals surface area (Å²) in [5.41, 5.74) is 3.58. The monoisotopic (exact) mass is 285 g/mol. The van der Waals surface area contributed by atoms with Crippen LogP contribution >= 0.6 is 0 Å². The van der Waals surface area contributed by atoms with Crippen molar-refractivity contribution in [3.8, 4) is 16.9 Å². The second-order valence-electron chi connectivity index (χ2n) is 4.94. The van der Waals surface area contributed by atoms with Gasteiger partial charge in [0.2, 0.25) is 0 Å². The maximum atomic E-state index is 5.85. The lowest BCUT2D eigenvalue weighted by molar-refractivity contribution is 0.146. The van der Waals surface area contributed by atoms with Crippen LogP contribution in [0.3, 0.4) is 0 Å². The fourth-order valence-electron chi connectivity index (χ4n) is 2.33. The first kappa shape index (κ1) is 15.5. The quantitative estimate of drug-likeness (QED) is 0.788. The molecule has 0 aliphatic heterocycles. The van der Waals surface area contributed by atoms with E-state index < -0.39 is 0 Å². The third-order valence-electron chi connectivity index (χ3n) is 3.58. The zero-order valence-electron chi connectivity index (χ0n) is 12.9. The summed E-state index contributed by atoms with van der Waals surface area (Å²) in [7, 11) is 3.65. The molecule has 21 heavy (non-hydrogen) atoms. The summed E-state index contributed by atoms with van der Waals surface area (Å²) in [5.74, 6) is 0.894. The molecule has 0 spiro atoms. The summed E-state index contributed by atoms with van der Waals surface area (Å²) in [6.45, 7) is 3.30. The van der Waals surface area contributed by atoms with Crippen molar-refractivity contribution in [3.05, 3.63) is 54.1 Å². The molecule has 112 valence electrons. The van der Waals surface area contributed by atoms with Crippen LogP contribution in [-0.4, -0.2) is 27.4 Å². The standard InChI is InChI=1S/C18H23NO2/c1-14(19-2)15-8-4-5-9-16(15)17-10-6-7-11-18(17)21-13-12-20-3/h4-11,14,19H,12-13H2,1-3H3. The Bertz CT molecular complexity index is 569. The van der Waals surface area contributed by atoms with Gasteiger partial charge in [-0.1, -0.05) is 42.5 Å². The van der Waals surface area contributed by atoms with E-state index in [1.165, 1.54) is 11.1 Å². The number of benzene rings is 2. The highest BCUT2D eigenvalue weighted by molar-refractivity contribution is 5.73. The van der Waals surface area contributed by atoms with Crippen LogP contribution < -0.4 is 10.1 Å². The molecule has 2 rings (SSSR count). The predicted molar refractivity (Wildman–Crippen MR) is 86.7 cm³/mol. The molecule has 1 atom stereocenters. The lowest BCUT2D eigenvalue weighted by Crippen LogP contribution is -2.13. The Morgan fingerprint density at radius 1 is 0.952 bits per heavy atom. The highest BCUT2D eigenvalue weighted by Crippen LogP contribution is 2.34. The summed E-state index contributed by atoms with van der Waals surface area (Å²) in [4.78, 5) is 0. The molecular formula is C18H23NO2. The smallest absolute Gasteiger partial charge is 0.127 e. The minimum atomic E-state index is 0.285. The van der Waals surface area contributed by atoms with Crippen molar-refractivity contribution in [2.75, 3.05) is 27.4 Å². The van der Waals surface area contributed by atoms with Gasteiger partial charge in [0.25, 0.3) is 0 Å². The molecular weight excluding hydrogens is 262 g/mol. The first-order valence-corrected chi connectivity index (χ1v) is 7.25. The van der Waals surface area contributed by atoms with Crippen LogP contribution in [-0.2, 0) is 4.74 Å². The molecule has 0 heterocycles. The Hall–Kier alpha value is -1.84. The normalized spacial score (nSPS) is 12.1. The lowest BCUT2D eigenvalue weighted by atomic mass is 9.95. The average Bonchev–Trinajstić information content (AvgIpc) is 2.55. The number of para-hydroxylation sites is 1. The second-order valence-corrected chi connectivity index (χ2v) is 4.94. The van der Waals surface area contributed by atoms with Crippen LogP contribution in [0.15, 0.2) is 48.5 Å². The molecule has 0 saturated carbocycles. The molecule has 1 N–H and O–H groups in total. The number of hydrogen-bond donors (Lipinski definition) is 1. The van der Waals surface area contributed by atoms with Gasteiger partial charge in [0.15, 0.2) is 0 Å². The summed E-state index contributed by atoms with van der Waals surface area (Å²) < 4.78 is 10.9. The molecule has 0 bridgehead atoms. The Kier molecular flexibility index (Phi) is 5.78. The molecule has 0 radical (unpaired) electrons. The van der Waals surface area contributed by atoms with Gasteiger partial charge in [-0.3, -0.25) is 0 Å². The fraction of sp³-hybridized carbons (Fsp3) is 0.333. The summed E-state index contributed by atoms with van der Waals surface area (Å²) in [6.07, 6.45) is 0. The molecule has 3 nitrogen and oxygen atoms in total. The van der Waals surface area contributed by atoms with Gasteiger partial charge < -0.3 is 14.8 Å². The fourth-order valence-corrected chi connectivity index (χ4v) is 2.33. The minimum absolute atomic E-state index is 0.285. The summed E-state index contributed by atoms with van der Waals surface area (Å²) in [6, 6.07) is 16.9. The molecule has 0 amide bonds. The Labute approximate surface area is 126 Å². The Balaban J connectivity index is 2.38. The third-order valence-corrected chi connectivity index (χ3v) is 3.58. The zero-order valence-corrected chi connectivity index (χ0v) is 12.9. The van der Waals surface area contributed by atoms with Crippen molar-refractivity contribution in [1.29, 1.82) is 0 Å². The van der Waals surface area contributed by atoms with E-state index in [1.807, 2.05) is 25.2 Å². The van der Waals surface area contributed by atoms with E-state index in [0.717, 1.165) is 11.3 Å². The van der Waals surface area contributed by atoms with Crippen LogP contribution in [0.25, 0.3) is 11.1 Å². The van der Waals surface area contributed by atoms with Crippen molar-refractivity contribution in [3.63, 3.8) is 0 Å². The van der Waals surface area contributed by atoms with Crippen molar-refractivity contribution in [2.24, 2.45) is 0 Å². The van der Waals surface area contributed by atoms with Crippen LogP contribution in [0.5, 0.6) is 5.75 Å². The van der Waals surface area contributed by atoms with E-state index >= 15 is 0 Å². The maximum Gasteiger partial charge on any atom is 0.127 e. The largest absolute Gasteiger partial charge is 0.491 e. The van der Waals surface area contributed by atoms with E-state index in [4.69, 9.17) is 9.47 Å². The van der Waals surface area contributed by atoms with Crippen LogP contribution in [0.2, 0.25) is 0 Å². The molecule has 0 aromatic heterocycles. The molecule has 2 aromatic rings. The minimum Gasteiger partial charge on any atom is -0.491 e. The molecule has 3 heteroatoms. The molecule has 0 saturated heterocycles. The molecule has 0 aliphatic carbocycles. The number of hydrogen-bond acceptors (Lipinski definition) is 3. The highest BCUT2D eigenvalue weighted by Gasteiger charge is 2.13. The predicted octanol–water partition coefficient (Wildman–Crippen LogP) is 3.66. The van der Waals surface area contributed by atoms with Crippen LogP contribution in [0.1, 0.15) is 18.5 Å². The maximum absolute atomic E-state index is 5.85. The lowest BCUT2D eigenvalue weighted by Gasteiger charge is -2.18. The number of nitrogens with one attached hydrogen (secondary N) is 1. The van der Waals surface area contributed by atoms with Gasteiger partial charge in [0.1, 0.15) is 12.4 Å². The van der Waals surface area contributed by atoms with E-state index in [0.29, 0.717) is 13.2 Å². The first-order chi connectivity index (χ1) is 10.3. The van der Waals surface area contributed by atoms with Crippen molar-refractivity contribution < 1.29 is 9.47 Å². The van der Waals surface area contributed by atoms with Gasteiger partial charge in [-0.25, -0.2) is 0 Å². The van der Waals surface area contributed by atoms with Gasteiger partial charge in [-0.15, -0.1) is 0 Å². The first-order valence-electron chi connectivity index (χ1n) is 7.25. The second kappa shape index (κ2) is 7.81. The van der Waals surface area contributed by atoms with E-state index in [1.54, 1.807) is 7.11 Å². The van der Waals surface area contributed by atoms with Gasteiger partial charge in [-0.2, -0.15) is 0 Å². The molecule has 1 unspecified atom stereocenters. The topological polar surface area (TPSA) is 30.5 Å². The van der Waals surface area contributed by atoms with E-state index in [-0.39, 0.29) is 6.04 Å².